The van der Waals surface area contributed by atoms with Gasteiger partial charge in [-0.05, 0) is 46.2 Å². The molecule has 0 aromatic heterocycles. The van der Waals surface area contributed by atoms with Crippen LogP contribution in [0.25, 0.3) is 23.3 Å². The molecule has 0 bridgehead atoms. The van der Waals surface area contributed by atoms with Crippen LogP contribution in [0.2, 0.25) is 0 Å². The highest BCUT2D eigenvalue weighted by Gasteiger charge is 2.09. The zero-order valence-electron chi connectivity index (χ0n) is 15.6. The van der Waals surface area contributed by atoms with E-state index in [9.17, 15) is 0 Å². The van der Waals surface area contributed by atoms with Gasteiger partial charge in [-0.25, -0.2) is 0 Å². The van der Waals surface area contributed by atoms with Crippen molar-refractivity contribution < 1.29 is 0 Å². The SMILES string of the molecule is C.C.C.C1=Cc2ccc(-c3ccc4c(c3)CC=C4)cc2C1.CCC.CCC. The molecular weight excluding hydrogens is 324 g/mol. The molecule has 0 spiro atoms. The molecule has 0 radical (unpaired) electrons. The zero-order valence-corrected chi connectivity index (χ0v) is 15.6. The van der Waals surface area contributed by atoms with Crippen molar-refractivity contribution in [3.63, 3.8) is 0 Å². The molecule has 27 heavy (non-hydrogen) atoms. The summed E-state index contributed by atoms with van der Waals surface area (Å²) in [5.41, 5.74) is 8.33. The first-order chi connectivity index (χ1) is 11.7. The molecule has 0 saturated heterocycles. The van der Waals surface area contributed by atoms with E-state index in [0.717, 1.165) is 12.8 Å². The fraction of sp³-hybridized carbons (Fsp3) is 0.407. The number of rotatable bonds is 1. The van der Waals surface area contributed by atoms with E-state index < -0.39 is 0 Å². The topological polar surface area (TPSA) is 0 Å². The van der Waals surface area contributed by atoms with Gasteiger partial charge < -0.3 is 0 Å². The minimum Gasteiger partial charge on any atom is -0.0795 e. The second-order valence-electron chi connectivity index (χ2n) is 6.45. The van der Waals surface area contributed by atoms with Crippen LogP contribution in [0.15, 0.2) is 48.6 Å². The maximum Gasteiger partial charge on any atom is -0.00880 e. The van der Waals surface area contributed by atoms with Crippen LogP contribution in [-0.2, 0) is 12.8 Å². The van der Waals surface area contributed by atoms with Crippen LogP contribution < -0.4 is 0 Å². The predicted octanol–water partition coefficient (Wildman–Crippen LogP) is 9.23. The van der Waals surface area contributed by atoms with Gasteiger partial charge in [0.25, 0.3) is 0 Å². The van der Waals surface area contributed by atoms with Crippen molar-refractivity contribution in [1.82, 2.24) is 0 Å². The van der Waals surface area contributed by atoms with Crippen LogP contribution in [0.5, 0.6) is 0 Å². The highest BCUT2D eigenvalue weighted by molar-refractivity contribution is 5.73. The molecule has 0 saturated carbocycles. The highest BCUT2D eigenvalue weighted by Crippen LogP contribution is 2.30. The largest absolute Gasteiger partial charge is 0.0795 e. The maximum absolute atomic E-state index is 2.33. The van der Waals surface area contributed by atoms with Crippen molar-refractivity contribution in [2.45, 2.75) is 75.7 Å². The summed E-state index contributed by atoms with van der Waals surface area (Å²) in [5, 5.41) is 0. The smallest absolute Gasteiger partial charge is 0.00880 e. The van der Waals surface area contributed by atoms with Gasteiger partial charge in [0.1, 0.15) is 0 Å². The molecule has 2 aliphatic rings. The molecule has 4 rings (SSSR count). The Balaban J connectivity index is 0. The number of hydrogen-bond acceptors (Lipinski definition) is 0. The molecule has 0 N–H and O–H groups in total. The minimum atomic E-state index is 0. The second kappa shape index (κ2) is 14.0. The quantitative estimate of drug-likeness (QED) is 0.471. The first-order valence-electron chi connectivity index (χ1n) is 9.32. The standard InChI is InChI=1S/C18H14.2C3H8.3CH4/c1-3-13-7-9-17(11-15(13)5-1)18-10-8-14-4-2-6-16(14)12-18;2*1-3-2;;;/h1-4,7-12H,5-6H2;2*3H2,1-2H3;3*1H4. The Morgan fingerprint density at radius 2 is 0.926 bits per heavy atom. The van der Waals surface area contributed by atoms with Crippen LogP contribution in [0, 0.1) is 0 Å². The Hall–Kier alpha value is -2.08. The average Bonchev–Trinajstić information content (AvgIpc) is 3.24. The summed E-state index contributed by atoms with van der Waals surface area (Å²) < 4.78 is 0. The van der Waals surface area contributed by atoms with E-state index in [0.29, 0.717) is 0 Å². The fourth-order valence-corrected chi connectivity index (χ4v) is 2.88. The van der Waals surface area contributed by atoms with Gasteiger partial charge in [-0.15, -0.1) is 0 Å². The summed E-state index contributed by atoms with van der Waals surface area (Å²) in [7, 11) is 0. The van der Waals surface area contributed by atoms with Gasteiger partial charge in [0, 0.05) is 0 Å². The summed E-state index contributed by atoms with van der Waals surface area (Å²) in [5.74, 6) is 0. The normalized spacial score (nSPS) is 11.3. The van der Waals surface area contributed by atoms with Crippen molar-refractivity contribution in [3.05, 3.63) is 70.8 Å². The monoisotopic (exact) mass is 366 g/mol. The lowest BCUT2D eigenvalue weighted by Crippen LogP contribution is -1.87. The number of allylic oxidation sites excluding steroid dienone is 2. The highest BCUT2D eigenvalue weighted by atomic mass is 14.1. The first-order valence-corrected chi connectivity index (χ1v) is 9.32. The number of benzene rings is 2. The van der Waals surface area contributed by atoms with Crippen molar-refractivity contribution in [1.29, 1.82) is 0 Å². The van der Waals surface area contributed by atoms with Gasteiger partial charge in [-0.2, -0.15) is 0 Å². The van der Waals surface area contributed by atoms with E-state index in [1.54, 1.807) is 0 Å². The van der Waals surface area contributed by atoms with Crippen LogP contribution in [0.4, 0.5) is 0 Å². The zero-order chi connectivity index (χ0) is 17.4. The molecule has 0 nitrogen and oxygen atoms in total. The average molecular weight is 367 g/mol. The van der Waals surface area contributed by atoms with Crippen LogP contribution in [-0.4, -0.2) is 0 Å². The van der Waals surface area contributed by atoms with Gasteiger partial charge in [-0.1, -0.05) is 124 Å². The number of hydrogen-bond donors (Lipinski definition) is 0. The molecule has 2 aromatic rings. The maximum atomic E-state index is 2.33. The lowest BCUT2D eigenvalue weighted by molar-refractivity contribution is 1.09. The molecule has 0 heterocycles. The van der Waals surface area contributed by atoms with Crippen molar-refractivity contribution in [3.8, 4) is 11.1 Å². The summed E-state index contributed by atoms with van der Waals surface area (Å²) >= 11 is 0. The Bertz CT molecular complexity index is 653. The Morgan fingerprint density at radius 1 is 0.593 bits per heavy atom. The van der Waals surface area contributed by atoms with E-state index >= 15 is 0 Å². The lowest BCUT2D eigenvalue weighted by atomic mass is 9.97. The first kappa shape index (κ1) is 27.1. The third-order valence-electron chi connectivity index (χ3n) is 3.89. The molecule has 0 amide bonds. The van der Waals surface area contributed by atoms with Gasteiger partial charge in [-0.3, -0.25) is 0 Å². The summed E-state index contributed by atoms with van der Waals surface area (Å²) in [6.07, 6.45) is 13.6. The number of fused-ring (bicyclic) bond motifs is 2. The van der Waals surface area contributed by atoms with E-state index in [1.165, 1.54) is 46.2 Å². The third kappa shape index (κ3) is 7.21. The van der Waals surface area contributed by atoms with Crippen molar-refractivity contribution in [2.24, 2.45) is 0 Å². The molecule has 150 valence electrons. The van der Waals surface area contributed by atoms with E-state index in [1.807, 2.05) is 0 Å². The Morgan fingerprint density at radius 3 is 1.26 bits per heavy atom. The van der Waals surface area contributed by atoms with Gasteiger partial charge in [0.15, 0.2) is 0 Å². The Kier molecular flexibility index (Phi) is 14.1. The lowest BCUT2D eigenvalue weighted by Gasteiger charge is -2.07. The van der Waals surface area contributed by atoms with Gasteiger partial charge in [0.2, 0.25) is 0 Å². The molecular formula is C27H42. The van der Waals surface area contributed by atoms with Crippen LogP contribution in [0.3, 0.4) is 0 Å². The van der Waals surface area contributed by atoms with Gasteiger partial charge in [0.05, 0.1) is 0 Å². The molecule has 2 aromatic carbocycles. The molecule has 0 heteroatoms. The van der Waals surface area contributed by atoms with Gasteiger partial charge >= 0.3 is 0 Å². The van der Waals surface area contributed by atoms with Crippen LogP contribution >= 0.6 is 0 Å². The van der Waals surface area contributed by atoms with Crippen molar-refractivity contribution in [2.75, 3.05) is 0 Å². The molecule has 2 aliphatic carbocycles. The summed E-state index contributed by atoms with van der Waals surface area (Å²) in [4.78, 5) is 0. The van der Waals surface area contributed by atoms with E-state index in [4.69, 9.17) is 0 Å². The summed E-state index contributed by atoms with van der Waals surface area (Å²) in [6, 6.07) is 13.6. The molecule has 0 atom stereocenters. The predicted molar refractivity (Wildman–Crippen MR) is 129 cm³/mol. The van der Waals surface area contributed by atoms with E-state index in [2.05, 4.69) is 88.4 Å². The second-order valence-corrected chi connectivity index (χ2v) is 6.45. The molecule has 0 aliphatic heterocycles. The molecule has 0 fully saturated rings. The minimum absolute atomic E-state index is 0. The summed E-state index contributed by atoms with van der Waals surface area (Å²) in [6.45, 7) is 8.50. The Labute approximate surface area is 170 Å². The third-order valence-corrected chi connectivity index (χ3v) is 3.89. The molecule has 0 unspecified atom stereocenters. The fourth-order valence-electron chi connectivity index (χ4n) is 2.88. The van der Waals surface area contributed by atoms with Crippen LogP contribution in [0.1, 0.15) is 85.1 Å². The van der Waals surface area contributed by atoms with Crippen molar-refractivity contribution >= 4 is 12.2 Å². The van der Waals surface area contributed by atoms with E-state index in [-0.39, 0.29) is 22.3 Å².